The van der Waals surface area contributed by atoms with E-state index < -0.39 is 15.8 Å². The molecule has 0 unspecified atom stereocenters. The van der Waals surface area contributed by atoms with E-state index in [-0.39, 0.29) is 4.90 Å². The lowest BCUT2D eigenvalue weighted by Gasteiger charge is -2.20. The van der Waals surface area contributed by atoms with Crippen molar-refractivity contribution in [1.29, 1.82) is 0 Å². The Labute approximate surface area is 124 Å². The predicted molar refractivity (Wildman–Crippen MR) is 82.2 cm³/mol. The van der Waals surface area contributed by atoms with Crippen molar-refractivity contribution in [1.82, 2.24) is 0 Å². The quantitative estimate of drug-likeness (QED) is 0.883. The summed E-state index contributed by atoms with van der Waals surface area (Å²) in [5.41, 5.74) is 7.88. The molecule has 112 valence electrons. The molecule has 0 fully saturated rings. The van der Waals surface area contributed by atoms with Gasteiger partial charge in [0.25, 0.3) is 10.0 Å². The first-order valence-corrected chi connectivity index (χ1v) is 7.93. The van der Waals surface area contributed by atoms with Crippen molar-refractivity contribution < 1.29 is 12.8 Å². The van der Waals surface area contributed by atoms with Crippen LogP contribution in [0, 0.1) is 5.82 Å². The van der Waals surface area contributed by atoms with Gasteiger partial charge < -0.3 is 5.73 Å². The van der Waals surface area contributed by atoms with Crippen LogP contribution >= 0.6 is 0 Å². The van der Waals surface area contributed by atoms with Crippen LogP contribution in [0.1, 0.15) is 12.5 Å². The van der Waals surface area contributed by atoms with E-state index in [9.17, 15) is 12.8 Å². The summed E-state index contributed by atoms with van der Waals surface area (Å²) < 4.78 is 39.0. The van der Waals surface area contributed by atoms with Crippen LogP contribution < -0.4 is 10.0 Å². The molecule has 0 aliphatic carbocycles. The van der Waals surface area contributed by atoms with Gasteiger partial charge in [-0.05, 0) is 48.4 Å². The summed E-state index contributed by atoms with van der Waals surface area (Å²) in [6, 6.07) is 9.86. The Kier molecular flexibility index (Phi) is 4.18. The van der Waals surface area contributed by atoms with Gasteiger partial charge in [-0.1, -0.05) is 13.0 Å². The molecule has 2 aromatic rings. The molecule has 0 aliphatic rings. The van der Waals surface area contributed by atoms with Crippen LogP contribution in [0.4, 0.5) is 15.8 Å². The van der Waals surface area contributed by atoms with Crippen LogP contribution in [-0.4, -0.2) is 15.5 Å². The zero-order valence-electron chi connectivity index (χ0n) is 11.9. The number of nitrogens with two attached hydrogens (primary N) is 1. The highest BCUT2D eigenvalue weighted by molar-refractivity contribution is 7.92. The number of benzene rings is 2. The van der Waals surface area contributed by atoms with Gasteiger partial charge in [0.05, 0.1) is 10.6 Å². The van der Waals surface area contributed by atoms with E-state index in [2.05, 4.69) is 0 Å². The van der Waals surface area contributed by atoms with Gasteiger partial charge >= 0.3 is 0 Å². The first-order chi connectivity index (χ1) is 9.86. The molecule has 0 radical (unpaired) electrons. The summed E-state index contributed by atoms with van der Waals surface area (Å²) >= 11 is 0. The highest BCUT2D eigenvalue weighted by Gasteiger charge is 2.21. The normalized spacial score (nSPS) is 11.4. The first-order valence-electron chi connectivity index (χ1n) is 6.49. The third kappa shape index (κ3) is 3.00. The molecular weight excluding hydrogens is 291 g/mol. The summed E-state index contributed by atoms with van der Waals surface area (Å²) in [5.74, 6) is -0.479. The standard InChI is InChI=1S/C15H17FN2O2S/c1-3-11-4-7-13(10-15(11)17)18(2)21(19,20)14-8-5-12(16)6-9-14/h4-10H,3,17H2,1-2H3. The molecule has 21 heavy (non-hydrogen) atoms. The molecule has 2 aromatic carbocycles. The molecule has 4 nitrogen and oxygen atoms in total. The SMILES string of the molecule is CCc1ccc(N(C)S(=O)(=O)c2ccc(F)cc2)cc1N. The fourth-order valence-electron chi connectivity index (χ4n) is 2.00. The molecule has 2 N–H and O–H groups in total. The van der Waals surface area contributed by atoms with Crippen LogP contribution in [0.3, 0.4) is 0 Å². The Morgan fingerprint density at radius 2 is 1.76 bits per heavy atom. The molecule has 6 heteroatoms. The minimum atomic E-state index is -3.73. The Morgan fingerprint density at radius 3 is 2.29 bits per heavy atom. The summed E-state index contributed by atoms with van der Waals surface area (Å²) in [6.07, 6.45) is 0.778. The van der Waals surface area contributed by atoms with Crippen LogP contribution in [-0.2, 0) is 16.4 Å². The number of nitrogens with zero attached hydrogens (tertiary/aromatic N) is 1. The monoisotopic (exact) mass is 308 g/mol. The van der Waals surface area contributed by atoms with Gasteiger partial charge in [-0.3, -0.25) is 4.31 Å². The van der Waals surface area contributed by atoms with E-state index in [4.69, 9.17) is 5.73 Å². The second-order valence-electron chi connectivity index (χ2n) is 4.66. The number of halogens is 1. The van der Waals surface area contributed by atoms with Gasteiger partial charge in [-0.15, -0.1) is 0 Å². The number of hydrogen-bond donors (Lipinski definition) is 1. The maximum absolute atomic E-state index is 12.9. The summed E-state index contributed by atoms with van der Waals surface area (Å²) in [7, 11) is -2.29. The number of nitrogen functional groups attached to an aromatic ring is 1. The van der Waals surface area contributed by atoms with E-state index in [0.717, 1.165) is 28.4 Å². The highest BCUT2D eigenvalue weighted by atomic mass is 32.2. The average molecular weight is 308 g/mol. The van der Waals surface area contributed by atoms with Gasteiger partial charge in [0.1, 0.15) is 5.82 Å². The van der Waals surface area contributed by atoms with Crippen molar-refractivity contribution in [2.75, 3.05) is 17.1 Å². The molecule has 0 saturated heterocycles. The fourth-order valence-corrected chi connectivity index (χ4v) is 3.19. The molecular formula is C15H17FN2O2S. The van der Waals surface area contributed by atoms with Gasteiger partial charge in [0.2, 0.25) is 0 Å². The molecule has 0 aromatic heterocycles. The van der Waals surface area contributed by atoms with Crippen molar-refractivity contribution in [2.45, 2.75) is 18.2 Å². The lowest BCUT2D eigenvalue weighted by molar-refractivity contribution is 0.593. The molecule has 0 spiro atoms. The third-order valence-electron chi connectivity index (χ3n) is 3.35. The Hall–Kier alpha value is -2.08. The van der Waals surface area contributed by atoms with Gasteiger partial charge in [0.15, 0.2) is 0 Å². The van der Waals surface area contributed by atoms with Crippen molar-refractivity contribution in [3.05, 3.63) is 53.8 Å². The number of aryl methyl sites for hydroxylation is 1. The molecule has 0 amide bonds. The van der Waals surface area contributed by atoms with Gasteiger partial charge in [-0.25, -0.2) is 12.8 Å². The number of rotatable bonds is 4. The second kappa shape index (κ2) is 5.73. The van der Waals surface area contributed by atoms with Crippen LogP contribution in [0.2, 0.25) is 0 Å². The van der Waals surface area contributed by atoms with Crippen molar-refractivity contribution in [3.8, 4) is 0 Å². The topological polar surface area (TPSA) is 63.4 Å². The largest absolute Gasteiger partial charge is 0.398 e. The number of hydrogen-bond acceptors (Lipinski definition) is 3. The Bertz CT molecular complexity index is 743. The molecule has 0 heterocycles. The maximum Gasteiger partial charge on any atom is 0.264 e. The lowest BCUT2D eigenvalue weighted by Crippen LogP contribution is -2.26. The predicted octanol–water partition coefficient (Wildman–Crippen LogP) is 2.80. The zero-order chi connectivity index (χ0) is 15.6. The van der Waals surface area contributed by atoms with E-state index in [1.165, 1.54) is 19.2 Å². The van der Waals surface area contributed by atoms with Crippen molar-refractivity contribution in [3.63, 3.8) is 0 Å². The molecule has 0 atom stereocenters. The smallest absolute Gasteiger partial charge is 0.264 e. The van der Waals surface area contributed by atoms with E-state index >= 15 is 0 Å². The maximum atomic E-state index is 12.9. The summed E-state index contributed by atoms with van der Waals surface area (Å²) in [6.45, 7) is 1.98. The third-order valence-corrected chi connectivity index (χ3v) is 5.15. The fraction of sp³-hybridized carbons (Fsp3) is 0.200. The lowest BCUT2D eigenvalue weighted by atomic mass is 10.1. The molecule has 2 rings (SSSR count). The van der Waals surface area contributed by atoms with Gasteiger partial charge in [0, 0.05) is 12.7 Å². The van der Waals surface area contributed by atoms with E-state index in [1.807, 2.05) is 6.92 Å². The molecule has 0 bridgehead atoms. The number of anilines is 2. The highest BCUT2D eigenvalue weighted by Crippen LogP contribution is 2.26. The minimum absolute atomic E-state index is 0.0320. The number of sulfonamides is 1. The Balaban J connectivity index is 2.40. The summed E-state index contributed by atoms with van der Waals surface area (Å²) in [4.78, 5) is 0.0320. The van der Waals surface area contributed by atoms with E-state index in [1.54, 1.807) is 18.2 Å². The van der Waals surface area contributed by atoms with Crippen LogP contribution in [0.5, 0.6) is 0 Å². The summed E-state index contributed by atoms with van der Waals surface area (Å²) in [5, 5.41) is 0. The zero-order valence-corrected chi connectivity index (χ0v) is 12.7. The second-order valence-corrected chi connectivity index (χ2v) is 6.63. The van der Waals surface area contributed by atoms with Crippen LogP contribution in [0.25, 0.3) is 0 Å². The average Bonchev–Trinajstić information content (AvgIpc) is 2.46. The Morgan fingerprint density at radius 1 is 1.14 bits per heavy atom. The van der Waals surface area contributed by atoms with Crippen molar-refractivity contribution in [2.24, 2.45) is 0 Å². The first kappa shape index (κ1) is 15.3. The molecule has 0 aliphatic heterocycles. The minimum Gasteiger partial charge on any atom is -0.398 e. The van der Waals surface area contributed by atoms with Gasteiger partial charge in [-0.2, -0.15) is 0 Å². The molecule has 0 saturated carbocycles. The van der Waals surface area contributed by atoms with Crippen LogP contribution in [0.15, 0.2) is 47.4 Å². The van der Waals surface area contributed by atoms with Crippen molar-refractivity contribution >= 4 is 21.4 Å². The van der Waals surface area contributed by atoms with E-state index in [0.29, 0.717) is 11.4 Å².